The second-order valence-corrected chi connectivity index (χ2v) is 5.63. The van der Waals surface area contributed by atoms with Crippen LogP contribution in [0, 0.1) is 5.82 Å². The van der Waals surface area contributed by atoms with E-state index < -0.39 is 6.10 Å². The first-order chi connectivity index (χ1) is 11.5. The Kier molecular flexibility index (Phi) is 4.46. The molecule has 1 unspecified atom stereocenters. The Morgan fingerprint density at radius 1 is 1.25 bits per heavy atom. The Balaban J connectivity index is 1.59. The molecule has 0 radical (unpaired) electrons. The second kappa shape index (κ2) is 6.70. The molecule has 1 heterocycles. The van der Waals surface area contributed by atoms with E-state index in [9.17, 15) is 14.0 Å². The van der Waals surface area contributed by atoms with Crippen molar-refractivity contribution in [1.29, 1.82) is 0 Å². The van der Waals surface area contributed by atoms with Gasteiger partial charge in [-0.1, -0.05) is 12.1 Å². The van der Waals surface area contributed by atoms with Gasteiger partial charge in [0.05, 0.1) is 5.69 Å². The molecule has 6 heteroatoms. The summed E-state index contributed by atoms with van der Waals surface area (Å²) in [4.78, 5) is 23.7. The average molecular weight is 328 g/mol. The predicted octanol–water partition coefficient (Wildman–Crippen LogP) is 3.12. The van der Waals surface area contributed by atoms with Crippen molar-refractivity contribution in [2.75, 3.05) is 10.6 Å². The van der Waals surface area contributed by atoms with E-state index in [-0.39, 0.29) is 24.1 Å². The third-order valence-electron chi connectivity index (χ3n) is 3.75. The quantitative estimate of drug-likeness (QED) is 0.906. The molecule has 24 heavy (non-hydrogen) atoms. The van der Waals surface area contributed by atoms with Crippen LogP contribution in [-0.2, 0) is 16.0 Å². The van der Waals surface area contributed by atoms with Crippen LogP contribution in [0.2, 0.25) is 0 Å². The molecular formula is C18H17FN2O3. The number of aryl methyl sites for hydroxylation is 1. The molecule has 1 aliphatic heterocycles. The summed E-state index contributed by atoms with van der Waals surface area (Å²) in [7, 11) is 0. The smallest absolute Gasteiger partial charge is 0.265 e. The summed E-state index contributed by atoms with van der Waals surface area (Å²) < 4.78 is 18.3. The van der Waals surface area contributed by atoms with Gasteiger partial charge in [-0.3, -0.25) is 9.59 Å². The molecule has 0 bridgehead atoms. The number of ether oxygens (including phenoxy) is 1. The maximum absolute atomic E-state index is 12.8. The molecule has 1 atom stereocenters. The fourth-order valence-corrected chi connectivity index (χ4v) is 2.42. The summed E-state index contributed by atoms with van der Waals surface area (Å²) in [5, 5.41) is 5.52. The first kappa shape index (κ1) is 16.0. The van der Waals surface area contributed by atoms with E-state index in [1.54, 1.807) is 37.3 Å². The van der Waals surface area contributed by atoms with Gasteiger partial charge in [0.2, 0.25) is 5.91 Å². The number of carbonyl (C=O) groups excluding carboxylic acids is 2. The van der Waals surface area contributed by atoms with Gasteiger partial charge in [0.1, 0.15) is 11.6 Å². The molecule has 0 aromatic heterocycles. The van der Waals surface area contributed by atoms with E-state index in [4.69, 9.17) is 4.74 Å². The van der Waals surface area contributed by atoms with Crippen molar-refractivity contribution in [1.82, 2.24) is 0 Å². The minimum Gasteiger partial charge on any atom is -0.479 e. The largest absolute Gasteiger partial charge is 0.479 e. The Bertz CT molecular complexity index is 774. The topological polar surface area (TPSA) is 67.4 Å². The van der Waals surface area contributed by atoms with Crippen molar-refractivity contribution >= 4 is 23.2 Å². The molecule has 2 N–H and O–H groups in total. The third kappa shape index (κ3) is 3.71. The van der Waals surface area contributed by atoms with Gasteiger partial charge < -0.3 is 15.4 Å². The summed E-state index contributed by atoms with van der Waals surface area (Å²) in [5.41, 5.74) is 2.01. The lowest BCUT2D eigenvalue weighted by molar-refractivity contribution is -0.122. The highest BCUT2D eigenvalue weighted by Gasteiger charge is 2.23. The SMILES string of the molecule is CC1Oc2ccc(NC(=O)CCc3ccc(F)cc3)cc2NC1=O. The molecule has 2 aromatic carbocycles. The lowest BCUT2D eigenvalue weighted by atomic mass is 10.1. The van der Waals surface area contributed by atoms with E-state index in [2.05, 4.69) is 10.6 Å². The fourth-order valence-electron chi connectivity index (χ4n) is 2.42. The number of fused-ring (bicyclic) bond motifs is 1. The monoisotopic (exact) mass is 328 g/mol. The lowest BCUT2D eigenvalue weighted by Gasteiger charge is -2.23. The van der Waals surface area contributed by atoms with E-state index in [1.165, 1.54) is 12.1 Å². The zero-order valence-electron chi connectivity index (χ0n) is 13.1. The Labute approximate surface area is 138 Å². The highest BCUT2D eigenvalue weighted by Crippen LogP contribution is 2.32. The predicted molar refractivity (Wildman–Crippen MR) is 88.5 cm³/mol. The number of hydrogen-bond donors (Lipinski definition) is 2. The van der Waals surface area contributed by atoms with E-state index in [0.29, 0.717) is 23.5 Å². The average Bonchev–Trinajstić information content (AvgIpc) is 2.56. The van der Waals surface area contributed by atoms with Crippen molar-refractivity contribution in [3.05, 3.63) is 53.8 Å². The van der Waals surface area contributed by atoms with Gasteiger partial charge in [-0.25, -0.2) is 4.39 Å². The van der Waals surface area contributed by atoms with Gasteiger partial charge in [0.15, 0.2) is 6.10 Å². The first-order valence-corrected chi connectivity index (χ1v) is 7.67. The number of benzene rings is 2. The van der Waals surface area contributed by atoms with Crippen LogP contribution in [0.1, 0.15) is 18.9 Å². The number of hydrogen-bond acceptors (Lipinski definition) is 3. The molecule has 5 nitrogen and oxygen atoms in total. The van der Waals surface area contributed by atoms with Gasteiger partial charge in [0, 0.05) is 12.1 Å². The van der Waals surface area contributed by atoms with Crippen molar-refractivity contribution in [3.8, 4) is 5.75 Å². The van der Waals surface area contributed by atoms with Crippen LogP contribution in [-0.4, -0.2) is 17.9 Å². The molecule has 2 aromatic rings. The lowest BCUT2D eigenvalue weighted by Crippen LogP contribution is -2.34. The highest BCUT2D eigenvalue weighted by atomic mass is 19.1. The van der Waals surface area contributed by atoms with Crippen LogP contribution in [0.3, 0.4) is 0 Å². The molecule has 2 amide bonds. The Morgan fingerprint density at radius 2 is 2.00 bits per heavy atom. The van der Waals surface area contributed by atoms with Crippen LogP contribution < -0.4 is 15.4 Å². The summed E-state index contributed by atoms with van der Waals surface area (Å²) >= 11 is 0. The number of nitrogens with one attached hydrogen (secondary N) is 2. The molecule has 0 fully saturated rings. The molecule has 0 saturated carbocycles. The van der Waals surface area contributed by atoms with Crippen molar-refractivity contribution in [2.24, 2.45) is 0 Å². The van der Waals surface area contributed by atoms with E-state index >= 15 is 0 Å². The van der Waals surface area contributed by atoms with Gasteiger partial charge in [-0.05, 0) is 49.2 Å². The molecule has 0 saturated heterocycles. The summed E-state index contributed by atoms with van der Waals surface area (Å²) in [6.07, 6.45) is 0.269. The number of halogens is 1. The van der Waals surface area contributed by atoms with Crippen LogP contribution in [0.4, 0.5) is 15.8 Å². The van der Waals surface area contributed by atoms with E-state index in [1.807, 2.05) is 0 Å². The molecule has 124 valence electrons. The maximum atomic E-state index is 12.8. The number of anilines is 2. The van der Waals surface area contributed by atoms with Crippen molar-refractivity contribution in [3.63, 3.8) is 0 Å². The van der Waals surface area contributed by atoms with Crippen LogP contribution in [0.5, 0.6) is 5.75 Å². The summed E-state index contributed by atoms with van der Waals surface area (Å²) in [5.74, 6) is -0.0970. The number of carbonyl (C=O) groups is 2. The Hall–Kier alpha value is -2.89. The second-order valence-electron chi connectivity index (χ2n) is 5.63. The summed E-state index contributed by atoms with van der Waals surface area (Å²) in [6, 6.07) is 11.2. The van der Waals surface area contributed by atoms with Gasteiger partial charge in [-0.2, -0.15) is 0 Å². The molecule has 3 rings (SSSR count). The fraction of sp³-hybridized carbons (Fsp3) is 0.222. The normalized spacial score (nSPS) is 15.9. The molecular weight excluding hydrogens is 311 g/mol. The molecule has 0 spiro atoms. The minimum atomic E-state index is -0.534. The first-order valence-electron chi connectivity index (χ1n) is 7.67. The third-order valence-corrected chi connectivity index (χ3v) is 3.75. The van der Waals surface area contributed by atoms with Crippen LogP contribution in [0.15, 0.2) is 42.5 Å². The van der Waals surface area contributed by atoms with Crippen LogP contribution in [0.25, 0.3) is 0 Å². The van der Waals surface area contributed by atoms with Gasteiger partial charge in [0.25, 0.3) is 5.91 Å². The zero-order chi connectivity index (χ0) is 17.1. The standard InChI is InChI=1S/C18H17FN2O3/c1-11-18(23)21-15-10-14(7-8-16(15)24-11)20-17(22)9-4-12-2-5-13(19)6-3-12/h2-3,5-8,10-11H,4,9H2,1H3,(H,20,22)(H,21,23). The minimum absolute atomic E-state index is 0.157. The Morgan fingerprint density at radius 3 is 2.75 bits per heavy atom. The maximum Gasteiger partial charge on any atom is 0.265 e. The van der Waals surface area contributed by atoms with E-state index in [0.717, 1.165) is 5.56 Å². The number of rotatable bonds is 4. The van der Waals surface area contributed by atoms with Crippen LogP contribution >= 0.6 is 0 Å². The molecule has 1 aliphatic rings. The summed E-state index contributed by atoms with van der Waals surface area (Å²) in [6.45, 7) is 1.67. The zero-order valence-corrected chi connectivity index (χ0v) is 13.1. The molecule has 0 aliphatic carbocycles. The van der Waals surface area contributed by atoms with Crippen molar-refractivity contribution in [2.45, 2.75) is 25.9 Å². The van der Waals surface area contributed by atoms with Crippen molar-refractivity contribution < 1.29 is 18.7 Å². The number of amides is 2. The van der Waals surface area contributed by atoms with Gasteiger partial charge in [-0.15, -0.1) is 0 Å². The highest BCUT2D eigenvalue weighted by molar-refractivity contribution is 5.99. The van der Waals surface area contributed by atoms with Gasteiger partial charge >= 0.3 is 0 Å².